The molecule has 1 fully saturated rings. The van der Waals surface area contributed by atoms with Crippen molar-refractivity contribution in [2.75, 3.05) is 30.5 Å². The molecule has 3 rings (SSSR count). The number of hydrogen-bond donors (Lipinski definition) is 2. The predicted octanol–water partition coefficient (Wildman–Crippen LogP) is 1.65. The number of alkyl halides is 1. The molecular formula is C14H16ClN7O. The van der Waals surface area contributed by atoms with Gasteiger partial charge in [-0.25, -0.2) is 4.98 Å². The Hall–Kier alpha value is -2.37. The van der Waals surface area contributed by atoms with E-state index in [1.165, 1.54) is 6.20 Å². The molecule has 2 atom stereocenters. The largest absolute Gasteiger partial charge is 0.380 e. The molecule has 0 aromatic carbocycles. The zero-order chi connectivity index (χ0) is 16.2. The Labute approximate surface area is 138 Å². The molecule has 0 saturated carbocycles. The maximum Gasteiger partial charge on any atom is 0.232 e. The van der Waals surface area contributed by atoms with E-state index in [1.807, 2.05) is 4.90 Å². The van der Waals surface area contributed by atoms with Crippen LogP contribution in [-0.4, -0.2) is 51.8 Å². The predicted molar refractivity (Wildman–Crippen MR) is 85.9 cm³/mol. The minimum atomic E-state index is -0.198. The van der Waals surface area contributed by atoms with E-state index in [0.29, 0.717) is 30.5 Å². The number of nitriles is 1. The van der Waals surface area contributed by atoms with Crippen LogP contribution in [0.2, 0.25) is 0 Å². The zero-order valence-electron chi connectivity index (χ0n) is 12.5. The number of nitrogens with zero attached hydrogens (tertiary/aromatic N) is 5. The Morgan fingerprint density at radius 3 is 3.04 bits per heavy atom. The molecule has 2 N–H and O–H groups in total. The fourth-order valence-corrected chi connectivity index (χ4v) is 2.90. The van der Waals surface area contributed by atoms with Gasteiger partial charge in [0.2, 0.25) is 5.95 Å². The lowest BCUT2D eigenvalue weighted by Crippen LogP contribution is -2.45. The lowest BCUT2D eigenvalue weighted by atomic mass is 10.1. The topological polar surface area (TPSA) is 103 Å². The molecule has 2 aromatic rings. The van der Waals surface area contributed by atoms with Gasteiger partial charge in [-0.3, -0.25) is 5.10 Å². The number of aromatic amines is 1. The van der Waals surface area contributed by atoms with Crippen LogP contribution in [0.3, 0.4) is 0 Å². The second kappa shape index (κ2) is 6.81. The van der Waals surface area contributed by atoms with E-state index >= 15 is 0 Å². The third kappa shape index (κ3) is 3.06. The Bertz CT molecular complexity index is 700. The average molecular weight is 334 g/mol. The first kappa shape index (κ1) is 15.5. The van der Waals surface area contributed by atoms with Gasteiger partial charge in [0.05, 0.1) is 36.1 Å². The molecule has 23 heavy (non-hydrogen) atoms. The Morgan fingerprint density at radius 1 is 1.52 bits per heavy atom. The number of aromatic nitrogens is 4. The molecule has 9 heteroatoms. The second-order valence-corrected chi connectivity index (χ2v) is 5.63. The van der Waals surface area contributed by atoms with Gasteiger partial charge in [0.25, 0.3) is 0 Å². The van der Waals surface area contributed by atoms with Gasteiger partial charge in [-0.2, -0.15) is 15.3 Å². The van der Waals surface area contributed by atoms with Crippen molar-refractivity contribution in [2.45, 2.75) is 17.8 Å². The molecule has 0 aliphatic carbocycles. The number of nitrogens with one attached hydrogen (secondary N) is 2. The summed E-state index contributed by atoms with van der Waals surface area (Å²) in [4.78, 5) is 10.7. The third-order valence-corrected chi connectivity index (χ3v) is 4.11. The Kier molecular flexibility index (Phi) is 4.60. The molecule has 0 bridgehead atoms. The van der Waals surface area contributed by atoms with Crippen LogP contribution in [0.25, 0.3) is 0 Å². The van der Waals surface area contributed by atoms with Crippen LogP contribution in [0.4, 0.5) is 17.5 Å². The van der Waals surface area contributed by atoms with Gasteiger partial charge in [0.1, 0.15) is 17.5 Å². The van der Waals surface area contributed by atoms with Gasteiger partial charge in [-0.15, -0.1) is 11.6 Å². The van der Waals surface area contributed by atoms with Crippen molar-refractivity contribution in [3.63, 3.8) is 0 Å². The van der Waals surface area contributed by atoms with Crippen LogP contribution < -0.4 is 10.2 Å². The molecule has 0 amide bonds. The summed E-state index contributed by atoms with van der Waals surface area (Å²) < 4.78 is 5.42. The standard InChI is InChI=1S/C14H16ClN7O/c1-17-13-9(4-16)5-18-14(21-13)22(10-6-19-20-7-10)12-2-3-23-8-11(12)15/h5-7,11-12H,2-3,8H2,1H3,(H,19,20)(H,17,18,21). The zero-order valence-corrected chi connectivity index (χ0v) is 13.3. The highest BCUT2D eigenvalue weighted by molar-refractivity contribution is 6.21. The van der Waals surface area contributed by atoms with Crippen molar-refractivity contribution in [1.82, 2.24) is 20.2 Å². The molecule has 1 aliphatic rings. The van der Waals surface area contributed by atoms with Crippen LogP contribution in [0.1, 0.15) is 12.0 Å². The molecule has 1 saturated heterocycles. The minimum Gasteiger partial charge on any atom is -0.380 e. The Balaban J connectivity index is 2.04. The van der Waals surface area contributed by atoms with Crippen molar-refractivity contribution in [1.29, 1.82) is 5.26 Å². The molecule has 8 nitrogen and oxygen atoms in total. The van der Waals surface area contributed by atoms with Crippen molar-refractivity contribution < 1.29 is 4.74 Å². The smallest absolute Gasteiger partial charge is 0.232 e. The molecule has 0 spiro atoms. The summed E-state index contributed by atoms with van der Waals surface area (Å²) in [5.41, 5.74) is 1.20. The Morgan fingerprint density at radius 2 is 2.39 bits per heavy atom. The molecular weight excluding hydrogens is 318 g/mol. The maximum atomic E-state index is 9.12. The number of H-pyrrole nitrogens is 1. The fourth-order valence-electron chi connectivity index (χ4n) is 2.57. The summed E-state index contributed by atoms with van der Waals surface area (Å²) in [5.74, 6) is 0.941. The van der Waals surface area contributed by atoms with Gasteiger partial charge >= 0.3 is 0 Å². The van der Waals surface area contributed by atoms with Crippen molar-refractivity contribution in [3.8, 4) is 6.07 Å². The fraction of sp³-hybridized carbons (Fsp3) is 0.429. The monoisotopic (exact) mass is 333 g/mol. The van der Waals surface area contributed by atoms with Crippen LogP contribution >= 0.6 is 11.6 Å². The number of rotatable bonds is 4. The molecule has 2 aromatic heterocycles. The second-order valence-electron chi connectivity index (χ2n) is 5.07. The summed E-state index contributed by atoms with van der Waals surface area (Å²) in [5, 5.41) is 18.6. The van der Waals surface area contributed by atoms with E-state index < -0.39 is 0 Å². The molecule has 3 heterocycles. The minimum absolute atomic E-state index is 0.0272. The molecule has 1 aliphatic heterocycles. The van der Waals surface area contributed by atoms with E-state index in [4.69, 9.17) is 21.6 Å². The van der Waals surface area contributed by atoms with Gasteiger partial charge < -0.3 is 15.0 Å². The van der Waals surface area contributed by atoms with Crippen LogP contribution in [0.5, 0.6) is 0 Å². The lowest BCUT2D eigenvalue weighted by Gasteiger charge is -2.36. The number of hydrogen-bond acceptors (Lipinski definition) is 7. The summed E-state index contributed by atoms with van der Waals surface area (Å²) >= 11 is 6.46. The first-order valence-corrected chi connectivity index (χ1v) is 7.63. The van der Waals surface area contributed by atoms with Crippen LogP contribution in [-0.2, 0) is 4.74 Å². The van der Waals surface area contributed by atoms with Crippen molar-refractivity contribution in [2.24, 2.45) is 0 Å². The molecule has 2 unspecified atom stereocenters. The number of ether oxygens (including phenoxy) is 1. The van der Waals surface area contributed by atoms with Gasteiger partial charge in [-0.05, 0) is 6.42 Å². The molecule has 0 radical (unpaired) electrons. The van der Waals surface area contributed by atoms with E-state index in [1.54, 1.807) is 19.4 Å². The SMILES string of the molecule is CNc1nc(N(c2cn[nH]c2)C2CCOCC2Cl)ncc1C#N. The van der Waals surface area contributed by atoms with E-state index in [9.17, 15) is 0 Å². The van der Waals surface area contributed by atoms with E-state index in [2.05, 4.69) is 31.6 Å². The molecule has 120 valence electrons. The summed E-state index contributed by atoms with van der Waals surface area (Å²) in [7, 11) is 1.72. The average Bonchev–Trinajstić information content (AvgIpc) is 3.11. The van der Waals surface area contributed by atoms with Crippen LogP contribution in [0, 0.1) is 11.3 Å². The van der Waals surface area contributed by atoms with Gasteiger partial charge in [0, 0.05) is 19.9 Å². The first-order chi connectivity index (χ1) is 11.2. The highest BCUT2D eigenvalue weighted by atomic mass is 35.5. The summed E-state index contributed by atoms with van der Waals surface area (Å²) in [6, 6.07) is 2.04. The van der Waals surface area contributed by atoms with Crippen LogP contribution in [0.15, 0.2) is 18.6 Å². The normalized spacial score (nSPS) is 20.7. The van der Waals surface area contributed by atoms with Gasteiger partial charge in [0.15, 0.2) is 0 Å². The summed E-state index contributed by atoms with van der Waals surface area (Å²) in [6.45, 7) is 1.09. The van der Waals surface area contributed by atoms with Crippen molar-refractivity contribution >= 4 is 29.1 Å². The number of halogens is 1. The lowest BCUT2D eigenvalue weighted by molar-refractivity contribution is 0.0895. The summed E-state index contributed by atoms with van der Waals surface area (Å²) in [6.07, 6.45) is 5.71. The van der Waals surface area contributed by atoms with Crippen molar-refractivity contribution in [3.05, 3.63) is 24.2 Å². The maximum absolute atomic E-state index is 9.12. The quantitative estimate of drug-likeness (QED) is 0.820. The highest BCUT2D eigenvalue weighted by Crippen LogP contribution is 2.31. The van der Waals surface area contributed by atoms with E-state index in [-0.39, 0.29) is 11.4 Å². The number of anilines is 3. The highest BCUT2D eigenvalue weighted by Gasteiger charge is 2.33. The first-order valence-electron chi connectivity index (χ1n) is 7.19. The third-order valence-electron chi connectivity index (χ3n) is 3.69. The van der Waals surface area contributed by atoms with Gasteiger partial charge in [-0.1, -0.05) is 0 Å². The van der Waals surface area contributed by atoms with E-state index in [0.717, 1.165) is 12.1 Å².